The molecule has 0 saturated heterocycles. The predicted octanol–water partition coefficient (Wildman–Crippen LogP) is 5.23. The topological polar surface area (TPSA) is 67.9 Å². The summed E-state index contributed by atoms with van der Waals surface area (Å²) in [6.45, 7) is 6.22. The van der Waals surface area contributed by atoms with E-state index in [0.29, 0.717) is 18.0 Å². The quantitative estimate of drug-likeness (QED) is 0.648. The minimum absolute atomic E-state index is 0.115. The third-order valence-electron chi connectivity index (χ3n) is 3.64. The molecule has 2 rings (SSSR count). The van der Waals surface area contributed by atoms with E-state index in [9.17, 15) is 9.59 Å². The fraction of sp³-hybridized carbons (Fsp3) is 0.238. The van der Waals surface area contributed by atoms with Gasteiger partial charge in [-0.3, -0.25) is 10.2 Å². The summed E-state index contributed by atoms with van der Waals surface area (Å²) in [6, 6.07) is 16.0. The van der Waals surface area contributed by atoms with Crippen molar-refractivity contribution in [1.29, 1.82) is 0 Å². The molecule has 27 heavy (non-hydrogen) atoms. The van der Waals surface area contributed by atoms with Crippen LogP contribution in [0.4, 0.5) is 21.0 Å². The molecule has 0 atom stereocenters. The van der Waals surface area contributed by atoms with E-state index in [-0.39, 0.29) is 6.61 Å². The minimum atomic E-state index is -0.604. The van der Waals surface area contributed by atoms with Crippen molar-refractivity contribution in [2.24, 2.45) is 0 Å². The van der Waals surface area contributed by atoms with E-state index >= 15 is 0 Å². The van der Waals surface area contributed by atoms with E-state index in [1.807, 2.05) is 30.3 Å². The van der Waals surface area contributed by atoms with Gasteiger partial charge in [0, 0.05) is 24.0 Å². The zero-order valence-electron chi connectivity index (χ0n) is 15.4. The Morgan fingerprint density at radius 3 is 2.63 bits per heavy atom. The van der Waals surface area contributed by atoms with Crippen LogP contribution in [0.3, 0.4) is 0 Å². The molecule has 0 fully saturated rings. The highest BCUT2D eigenvalue weighted by atomic mass is 16.6. The number of anilines is 2. The third-order valence-corrected chi connectivity index (χ3v) is 3.64. The van der Waals surface area contributed by atoms with Crippen LogP contribution in [0.5, 0.6) is 5.75 Å². The lowest BCUT2D eigenvalue weighted by Gasteiger charge is -2.22. The molecule has 0 aliphatic rings. The van der Waals surface area contributed by atoms with Gasteiger partial charge in [0.1, 0.15) is 12.4 Å². The average molecular weight is 368 g/mol. The Balaban J connectivity index is 2.07. The van der Waals surface area contributed by atoms with Crippen molar-refractivity contribution in [2.75, 3.05) is 23.4 Å². The lowest BCUT2D eigenvalue weighted by molar-refractivity contribution is 0.174. The second-order valence-corrected chi connectivity index (χ2v) is 5.75. The monoisotopic (exact) mass is 368 g/mol. The number of rotatable bonds is 8. The fourth-order valence-electron chi connectivity index (χ4n) is 2.33. The normalized spacial score (nSPS) is 9.96. The van der Waals surface area contributed by atoms with Gasteiger partial charge in [0.2, 0.25) is 0 Å². The molecule has 142 valence electrons. The molecule has 6 heteroatoms. The zero-order chi connectivity index (χ0) is 19.5. The highest BCUT2D eigenvalue weighted by Crippen LogP contribution is 2.21. The van der Waals surface area contributed by atoms with Crippen molar-refractivity contribution < 1.29 is 19.1 Å². The number of unbranched alkanes of at least 4 members (excludes halogenated alkanes) is 1. The number of nitrogens with one attached hydrogen (secondary N) is 1. The van der Waals surface area contributed by atoms with Gasteiger partial charge in [0.05, 0.1) is 0 Å². The molecule has 0 aliphatic heterocycles. The van der Waals surface area contributed by atoms with E-state index < -0.39 is 12.2 Å². The highest BCUT2D eigenvalue weighted by Gasteiger charge is 2.17. The number of carbonyl (C=O) groups excluding carboxylic acids is 2. The molecule has 0 saturated carbocycles. The second-order valence-electron chi connectivity index (χ2n) is 5.75. The Morgan fingerprint density at radius 2 is 1.93 bits per heavy atom. The number of amides is 2. The largest absolute Gasteiger partial charge is 0.445 e. The first-order valence-corrected chi connectivity index (χ1v) is 8.83. The Kier molecular flexibility index (Phi) is 7.91. The van der Waals surface area contributed by atoms with Crippen LogP contribution in [-0.4, -0.2) is 25.3 Å². The average Bonchev–Trinajstić information content (AvgIpc) is 2.68. The van der Waals surface area contributed by atoms with Crippen molar-refractivity contribution in [3.8, 4) is 5.75 Å². The number of hydrogen-bond donors (Lipinski definition) is 1. The number of carbonyl (C=O) groups is 2. The van der Waals surface area contributed by atoms with Crippen molar-refractivity contribution >= 4 is 23.6 Å². The molecular weight excluding hydrogens is 344 g/mol. The molecule has 0 heterocycles. The van der Waals surface area contributed by atoms with Crippen LogP contribution in [0.1, 0.15) is 19.8 Å². The van der Waals surface area contributed by atoms with Crippen LogP contribution in [0.15, 0.2) is 67.3 Å². The first kappa shape index (κ1) is 20.0. The van der Waals surface area contributed by atoms with E-state index in [1.54, 1.807) is 29.2 Å². The standard InChI is InChI=1S/C21H24N2O4/c1-3-5-14-23(18-11-7-6-8-12-18)21(25)27-19-13-9-10-17(16-19)22-20(24)26-15-4-2/h4,6-13,16H,2-3,5,14-15H2,1H3,(H,22,24). The SMILES string of the molecule is C=CCOC(=O)Nc1cccc(OC(=O)N(CCCC)c2ccccc2)c1. The molecule has 0 aliphatic carbocycles. The van der Waals surface area contributed by atoms with Crippen LogP contribution in [0.25, 0.3) is 0 Å². The van der Waals surface area contributed by atoms with Gasteiger partial charge in [-0.15, -0.1) is 0 Å². The first-order valence-electron chi connectivity index (χ1n) is 8.83. The lowest BCUT2D eigenvalue weighted by Crippen LogP contribution is -2.34. The van der Waals surface area contributed by atoms with Crippen molar-refractivity contribution in [2.45, 2.75) is 19.8 Å². The third kappa shape index (κ3) is 6.51. The maximum atomic E-state index is 12.7. The van der Waals surface area contributed by atoms with E-state index in [1.165, 1.54) is 6.08 Å². The summed E-state index contributed by atoms with van der Waals surface area (Å²) in [5.41, 5.74) is 1.24. The molecule has 2 aromatic rings. The van der Waals surface area contributed by atoms with Crippen LogP contribution in [-0.2, 0) is 4.74 Å². The van der Waals surface area contributed by atoms with E-state index in [4.69, 9.17) is 9.47 Å². The van der Waals surface area contributed by atoms with Gasteiger partial charge in [-0.05, 0) is 30.7 Å². The van der Waals surface area contributed by atoms with Gasteiger partial charge in [0.15, 0.2) is 0 Å². The van der Waals surface area contributed by atoms with E-state index in [0.717, 1.165) is 18.5 Å². The van der Waals surface area contributed by atoms with E-state index in [2.05, 4.69) is 18.8 Å². The number of nitrogens with zero attached hydrogens (tertiary/aromatic N) is 1. The van der Waals surface area contributed by atoms with Crippen LogP contribution in [0, 0.1) is 0 Å². The van der Waals surface area contributed by atoms with Crippen LogP contribution >= 0.6 is 0 Å². The van der Waals surface area contributed by atoms with Crippen molar-refractivity contribution in [1.82, 2.24) is 0 Å². The summed E-state index contributed by atoms with van der Waals surface area (Å²) >= 11 is 0. The second kappa shape index (κ2) is 10.7. The highest BCUT2D eigenvalue weighted by molar-refractivity contribution is 5.89. The number of para-hydroxylation sites is 1. The molecule has 2 amide bonds. The van der Waals surface area contributed by atoms with Crippen LogP contribution in [0.2, 0.25) is 0 Å². The van der Waals surface area contributed by atoms with Gasteiger partial charge in [-0.2, -0.15) is 0 Å². The van der Waals surface area contributed by atoms with Crippen molar-refractivity contribution in [3.63, 3.8) is 0 Å². The Labute approximate surface area is 159 Å². The molecule has 0 unspecified atom stereocenters. The summed E-state index contributed by atoms with van der Waals surface area (Å²) in [5, 5.41) is 2.57. The smallest absolute Gasteiger partial charge is 0.419 e. The zero-order valence-corrected chi connectivity index (χ0v) is 15.4. The van der Waals surface area contributed by atoms with Crippen LogP contribution < -0.4 is 15.0 Å². The van der Waals surface area contributed by atoms with Gasteiger partial charge in [-0.1, -0.05) is 50.3 Å². The molecular formula is C21H24N2O4. The number of ether oxygens (including phenoxy) is 2. The van der Waals surface area contributed by atoms with Crippen molar-refractivity contribution in [3.05, 3.63) is 67.3 Å². The Morgan fingerprint density at radius 1 is 1.15 bits per heavy atom. The minimum Gasteiger partial charge on any atom is -0.445 e. The van der Waals surface area contributed by atoms with Gasteiger partial charge in [-0.25, -0.2) is 9.59 Å². The molecule has 0 bridgehead atoms. The summed E-state index contributed by atoms with van der Waals surface area (Å²) in [7, 11) is 0. The molecule has 2 aromatic carbocycles. The molecule has 0 spiro atoms. The molecule has 0 radical (unpaired) electrons. The molecule has 6 nitrogen and oxygen atoms in total. The Bertz CT molecular complexity index is 762. The maximum Gasteiger partial charge on any atom is 0.419 e. The maximum absolute atomic E-state index is 12.7. The summed E-state index contributed by atoms with van der Waals surface area (Å²) in [5.74, 6) is 0.332. The number of hydrogen-bond acceptors (Lipinski definition) is 4. The predicted molar refractivity (Wildman–Crippen MR) is 106 cm³/mol. The first-order chi connectivity index (χ1) is 13.1. The van der Waals surface area contributed by atoms with Gasteiger partial charge < -0.3 is 9.47 Å². The van der Waals surface area contributed by atoms with Gasteiger partial charge >= 0.3 is 12.2 Å². The molecule has 1 N–H and O–H groups in total. The fourth-order valence-corrected chi connectivity index (χ4v) is 2.33. The summed E-state index contributed by atoms with van der Waals surface area (Å²) < 4.78 is 10.4. The molecule has 0 aromatic heterocycles. The van der Waals surface area contributed by atoms with Gasteiger partial charge in [0.25, 0.3) is 0 Å². The lowest BCUT2D eigenvalue weighted by atomic mass is 10.2. The Hall–Kier alpha value is -3.28. The summed E-state index contributed by atoms with van der Waals surface area (Å²) in [6.07, 6.45) is 2.23. The summed E-state index contributed by atoms with van der Waals surface area (Å²) in [4.78, 5) is 25.9. The number of benzene rings is 2.